The third kappa shape index (κ3) is 6.97. The van der Waals surface area contributed by atoms with Crippen molar-refractivity contribution in [1.29, 1.82) is 0 Å². The molecule has 212 valence electrons. The maximum Gasteiger partial charge on any atom is 0.325 e. The Balaban J connectivity index is 1.12. The first kappa shape index (κ1) is 28.0. The molecule has 3 atom stereocenters. The van der Waals surface area contributed by atoms with E-state index in [1.54, 1.807) is 6.07 Å². The van der Waals surface area contributed by atoms with Crippen LogP contribution in [0.3, 0.4) is 0 Å². The van der Waals surface area contributed by atoms with Crippen LogP contribution in [0, 0.1) is 5.82 Å². The van der Waals surface area contributed by atoms with Gasteiger partial charge < -0.3 is 19.9 Å². The molecule has 8 heteroatoms. The van der Waals surface area contributed by atoms with Crippen molar-refractivity contribution in [3.05, 3.63) is 58.5 Å². The number of hydrogen-bond donors (Lipinski definition) is 2. The summed E-state index contributed by atoms with van der Waals surface area (Å²) in [5, 5.41) is 13.8. The number of aryl methyl sites for hydroxylation is 2. The third-order valence-corrected chi connectivity index (χ3v) is 8.34. The number of nitrogens with zero attached hydrogens (tertiary/aromatic N) is 2. The molecule has 7 nitrogen and oxygen atoms in total. The molecule has 1 aromatic heterocycles. The lowest BCUT2D eigenvalue weighted by atomic mass is 9.91. The van der Waals surface area contributed by atoms with Crippen molar-refractivity contribution >= 4 is 11.8 Å². The van der Waals surface area contributed by atoms with E-state index in [4.69, 9.17) is 14.5 Å². The zero-order valence-electron chi connectivity index (χ0n) is 23.3. The Hall–Kier alpha value is -2.55. The second-order valence-corrected chi connectivity index (χ2v) is 11.9. The first-order valence-electron chi connectivity index (χ1n) is 14.6. The highest BCUT2D eigenvalue weighted by Gasteiger charge is 2.37. The zero-order chi connectivity index (χ0) is 27.4. The van der Waals surface area contributed by atoms with Gasteiger partial charge in [-0.25, -0.2) is 9.37 Å². The quantitative estimate of drug-likeness (QED) is 0.367. The molecule has 2 N–H and O–H groups in total. The minimum atomic E-state index is -0.964. The number of hydrogen-bond acceptors (Lipinski definition) is 6. The van der Waals surface area contributed by atoms with Crippen molar-refractivity contribution in [2.45, 2.75) is 95.4 Å². The van der Waals surface area contributed by atoms with E-state index in [1.165, 1.54) is 17.7 Å². The number of carboxylic acid groups (broad SMARTS) is 1. The monoisotopic (exact) mass is 539 g/mol. The van der Waals surface area contributed by atoms with E-state index in [-0.39, 0.29) is 17.7 Å². The van der Waals surface area contributed by atoms with Gasteiger partial charge in [-0.05, 0) is 107 Å². The summed E-state index contributed by atoms with van der Waals surface area (Å²) in [6.07, 6.45) is 8.39. The van der Waals surface area contributed by atoms with Crippen molar-refractivity contribution < 1.29 is 23.8 Å². The van der Waals surface area contributed by atoms with E-state index in [1.807, 2.05) is 4.90 Å². The van der Waals surface area contributed by atoms with Gasteiger partial charge in [-0.1, -0.05) is 12.1 Å². The summed E-state index contributed by atoms with van der Waals surface area (Å²) < 4.78 is 26.4. The minimum Gasteiger partial charge on any atom is -0.480 e. The predicted molar refractivity (Wildman–Crippen MR) is 148 cm³/mol. The molecule has 3 aliphatic heterocycles. The smallest absolute Gasteiger partial charge is 0.325 e. The number of aliphatic carboxylic acids is 1. The maximum atomic E-state index is 14.3. The van der Waals surface area contributed by atoms with Crippen LogP contribution in [0.4, 0.5) is 10.2 Å². The van der Waals surface area contributed by atoms with E-state index < -0.39 is 17.8 Å². The molecule has 1 aromatic carbocycles. The average Bonchev–Trinajstić information content (AvgIpc) is 3.36. The van der Waals surface area contributed by atoms with Gasteiger partial charge in [0.05, 0.1) is 12.2 Å². The van der Waals surface area contributed by atoms with Crippen LogP contribution in [-0.4, -0.2) is 58.9 Å². The number of carbonyl (C=O) groups is 1. The topological polar surface area (TPSA) is 83.9 Å². The summed E-state index contributed by atoms with van der Waals surface area (Å²) in [5.74, 6) is -0.361. The van der Waals surface area contributed by atoms with Crippen molar-refractivity contribution in [3.63, 3.8) is 0 Å². The van der Waals surface area contributed by atoms with Gasteiger partial charge >= 0.3 is 5.97 Å². The van der Waals surface area contributed by atoms with Crippen molar-refractivity contribution in [3.8, 4) is 0 Å². The molecule has 0 bridgehead atoms. The number of carboxylic acids is 1. The van der Waals surface area contributed by atoms with Crippen LogP contribution in [0.25, 0.3) is 0 Å². The Morgan fingerprint density at radius 2 is 2.13 bits per heavy atom. The van der Waals surface area contributed by atoms with Crippen LogP contribution >= 0.6 is 0 Å². The minimum absolute atomic E-state index is 0.0249. The van der Waals surface area contributed by atoms with Gasteiger partial charge in [0, 0.05) is 37.5 Å². The molecular formula is C31H42FN3O4. The number of halogens is 1. The van der Waals surface area contributed by atoms with Gasteiger partial charge in [-0.3, -0.25) is 9.69 Å². The molecule has 0 radical (unpaired) electrons. The zero-order valence-corrected chi connectivity index (χ0v) is 23.3. The number of ether oxygens (including phenoxy) is 2. The fourth-order valence-corrected chi connectivity index (χ4v) is 6.14. The number of benzene rings is 1. The number of nitrogens with one attached hydrogen (secondary N) is 1. The molecule has 0 aliphatic carbocycles. The van der Waals surface area contributed by atoms with Crippen molar-refractivity contribution in [1.82, 2.24) is 9.88 Å². The van der Waals surface area contributed by atoms with E-state index in [0.717, 1.165) is 74.9 Å². The lowest BCUT2D eigenvalue weighted by Crippen LogP contribution is -2.35. The van der Waals surface area contributed by atoms with Crippen LogP contribution in [0.15, 0.2) is 30.3 Å². The van der Waals surface area contributed by atoms with E-state index in [9.17, 15) is 14.3 Å². The van der Waals surface area contributed by atoms with Crippen LogP contribution in [0.5, 0.6) is 0 Å². The highest BCUT2D eigenvalue weighted by Crippen LogP contribution is 2.37. The number of rotatable bonds is 10. The average molecular weight is 540 g/mol. The lowest BCUT2D eigenvalue weighted by Gasteiger charge is -2.33. The first-order valence-corrected chi connectivity index (χ1v) is 14.6. The first-order chi connectivity index (χ1) is 18.8. The Labute approximate surface area is 231 Å². The number of anilines is 1. The molecule has 39 heavy (non-hydrogen) atoms. The number of fused-ring (bicyclic) bond motifs is 1. The second-order valence-electron chi connectivity index (χ2n) is 11.9. The van der Waals surface area contributed by atoms with E-state index in [0.29, 0.717) is 31.9 Å². The molecule has 2 aromatic rings. The summed E-state index contributed by atoms with van der Waals surface area (Å²) in [5.41, 5.74) is 3.78. The molecule has 0 saturated carbocycles. The SMILES string of the molecule is CC1(C)CCc2ccc(CCCCOC3CCN(C(C(=O)O)c4cc(F)ccc4C4CCCCO4)C3)nc2N1. The van der Waals surface area contributed by atoms with Gasteiger partial charge in [0.2, 0.25) is 0 Å². The molecule has 2 saturated heterocycles. The molecule has 3 aliphatic rings. The van der Waals surface area contributed by atoms with Crippen LogP contribution in [-0.2, 0) is 27.1 Å². The maximum absolute atomic E-state index is 14.3. The highest BCUT2D eigenvalue weighted by atomic mass is 19.1. The number of likely N-dealkylation sites (tertiary alicyclic amines) is 1. The summed E-state index contributed by atoms with van der Waals surface area (Å²) >= 11 is 0. The molecule has 0 spiro atoms. The van der Waals surface area contributed by atoms with Crippen molar-refractivity contribution in [2.24, 2.45) is 0 Å². The number of unbranched alkanes of at least 4 members (excludes halogenated alkanes) is 1. The van der Waals surface area contributed by atoms with Gasteiger partial charge in [-0.2, -0.15) is 0 Å². The molecule has 5 rings (SSSR count). The number of aromatic nitrogens is 1. The Kier molecular flexibility index (Phi) is 8.84. The fraction of sp³-hybridized carbons (Fsp3) is 0.613. The molecule has 0 amide bonds. The highest BCUT2D eigenvalue weighted by molar-refractivity contribution is 5.76. The molecular weight excluding hydrogens is 497 g/mol. The Bertz CT molecular complexity index is 1150. The van der Waals surface area contributed by atoms with Gasteiger partial charge in [0.1, 0.15) is 17.7 Å². The van der Waals surface area contributed by atoms with E-state index in [2.05, 4.69) is 31.3 Å². The summed E-state index contributed by atoms with van der Waals surface area (Å²) in [6.45, 7) is 6.83. The largest absolute Gasteiger partial charge is 0.480 e. The van der Waals surface area contributed by atoms with E-state index >= 15 is 0 Å². The van der Waals surface area contributed by atoms with Crippen LogP contribution in [0.1, 0.15) is 93.3 Å². The number of pyridine rings is 1. The van der Waals surface area contributed by atoms with Crippen LogP contribution < -0.4 is 5.32 Å². The van der Waals surface area contributed by atoms with Gasteiger partial charge in [-0.15, -0.1) is 0 Å². The Morgan fingerprint density at radius 3 is 2.92 bits per heavy atom. The second kappa shape index (κ2) is 12.3. The molecule has 3 unspecified atom stereocenters. The normalized spacial score (nSPS) is 23.7. The summed E-state index contributed by atoms with van der Waals surface area (Å²) in [7, 11) is 0. The Morgan fingerprint density at radius 1 is 1.26 bits per heavy atom. The summed E-state index contributed by atoms with van der Waals surface area (Å²) in [4.78, 5) is 19.2. The van der Waals surface area contributed by atoms with Gasteiger partial charge in [0.25, 0.3) is 0 Å². The molecule has 4 heterocycles. The standard InChI is InChI=1S/C31H42FN3O4/c1-31(2)15-13-21-9-11-23(33-29(21)34-31)7-3-5-17-38-24-14-16-35(20-24)28(30(36)37)26-19-22(32)10-12-25(26)27-8-4-6-18-39-27/h9-12,19,24,27-28H,3-8,13-18,20H2,1-2H3,(H,33,34)(H,36,37). The predicted octanol–water partition coefficient (Wildman–Crippen LogP) is 5.84. The van der Waals surface area contributed by atoms with Crippen molar-refractivity contribution in [2.75, 3.05) is 31.6 Å². The lowest BCUT2D eigenvalue weighted by molar-refractivity contribution is -0.143. The van der Waals surface area contributed by atoms with Gasteiger partial charge in [0.15, 0.2) is 0 Å². The van der Waals surface area contributed by atoms with Crippen LogP contribution in [0.2, 0.25) is 0 Å². The summed E-state index contributed by atoms with van der Waals surface area (Å²) in [6, 6.07) is 7.92. The third-order valence-electron chi connectivity index (χ3n) is 8.34. The fourth-order valence-electron chi connectivity index (χ4n) is 6.14. The molecule has 2 fully saturated rings.